The Bertz CT molecular complexity index is 935. The number of hydrogen-bond donors (Lipinski definition) is 2. The van der Waals surface area contributed by atoms with Crippen molar-refractivity contribution in [2.24, 2.45) is 0 Å². The second-order valence-electron chi connectivity index (χ2n) is 6.24. The zero-order chi connectivity index (χ0) is 21.2. The fraction of sp³-hybridized carbons (Fsp3) is 0.278. The number of rotatable bonds is 6. The number of aliphatic hydroxyl groups is 1. The number of hydrogen-bond acceptors (Lipinski definition) is 6. The van der Waals surface area contributed by atoms with Crippen LogP contribution >= 0.6 is 0 Å². The number of ether oxygens (including phenoxy) is 1. The van der Waals surface area contributed by atoms with E-state index in [0.29, 0.717) is 5.69 Å². The Hall–Kier alpha value is -3.34. The van der Waals surface area contributed by atoms with Crippen molar-refractivity contribution in [1.82, 2.24) is 0 Å². The normalized spacial score (nSPS) is 15.2. The predicted molar refractivity (Wildman–Crippen MR) is 96.7 cm³/mol. The monoisotopic (exact) mass is 411 g/mol. The number of nitro benzene ring substituents is 1. The highest BCUT2D eigenvalue weighted by Crippen LogP contribution is 2.34. The number of benzene rings is 2. The molecule has 2 aromatic rings. The van der Waals surface area contributed by atoms with Gasteiger partial charge in [0.05, 0.1) is 34.5 Å². The van der Waals surface area contributed by atoms with Crippen LogP contribution in [0.5, 0.6) is 0 Å². The highest BCUT2D eigenvalue weighted by atomic mass is 19.4. The molecule has 0 saturated carbocycles. The molecule has 1 heterocycles. The van der Waals surface area contributed by atoms with Crippen LogP contribution in [0.25, 0.3) is 0 Å². The maximum Gasteiger partial charge on any atom is 0.416 e. The SMILES string of the molecule is O=C1OCCN1c1cc([N+](=O)[O-])ccc1NCC(O)c1cccc(C(F)(F)F)c1. The third kappa shape index (κ3) is 4.57. The Morgan fingerprint density at radius 1 is 1.28 bits per heavy atom. The summed E-state index contributed by atoms with van der Waals surface area (Å²) in [6.07, 6.45) is -6.50. The smallest absolute Gasteiger partial charge is 0.416 e. The van der Waals surface area contributed by atoms with Gasteiger partial charge in [-0.15, -0.1) is 0 Å². The van der Waals surface area contributed by atoms with E-state index in [9.17, 15) is 33.2 Å². The van der Waals surface area contributed by atoms with Crippen LogP contribution in [0.4, 0.5) is 35.0 Å². The number of carbonyl (C=O) groups excluding carboxylic acids is 1. The first-order chi connectivity index (χ1) is 13.7. The van der Waals surface area contributed by atoms with Crippen molar-refractivity contribution < 1.29 is 32.7 Å². The Balaban J connectivity index is 1.81. The number of non-ortho nitro benzene ring substituents is 1. The van der Waals surface area contributed by atoms with Crippen molar-refractivity contribution in [3.63, 3.8) is 0 Å². The first-order valence-electron chi connectivity index (χ1n) is 8.48. The van der Waals surface area contributed by atoms with E-state index in [-0.39, 0.29) is 36.6 Å². The molecule has 0 aromatic heterocycles. The van der Waals surface area contributed by atoms with Crippen LogP contribution < -0.4 is 10.2 Å². The van der Waals surface area contributed by atoms with Crippen LogP contribution in [0.3, 0.4) is 0 Å². The van der Waals surface area contributed by atoms with E-state index >= 15 is 0 Å². The lowest BCUT2D eigenvalue weighted by molar-refractivity contribution is -0.384. The van der Waals surface area contributed by atoms with E-state index in [1.54, 1.807) is 0 Å². The summed E-state index contributed by atoms with van der Waals surface area (Å²) in [5, 5.41) is 24.2. The average molecular weight is 411 g/mol. The van der Waals surface area contributed by atoms with E-state index in [2.05, 4.69) is 5.32 Å². The molecule has 1 aliphatic heterocycles. The van der Waals surface area contributed by atoms with Gasteiger partial charge in [0.25, 0.3) is 5.69 Å². The lowest BCUT2D eigenvalue weighted by Gasteiger charge is -2.20. The van der Waals surface area contributed by atoms with E-state index in [0.717, 1.165) is 12.1 Å². The molecule has 1 saturated heterocycles. The minimum absolute atomic E-state index is 0.0522. The summed E-state index contributed by atoms with van der Waals surface area (Å²) < 4.78 is 43.4. The average Bonchev–Trinajstić information content (AvgIpc) is 3.11. The highest BCUT2D eigenvalue weighted by Gasteiger charge is 2.31. The maximum atomic E-state index is 12.8. The Kier molecular flexibility index (Phi) is 5.59. The molecule has 2 aromatic carbocycles. The third-order valence-electron chi connectivity index (χ3n) is 4.33. The molecule has 0 aliphatic carbocycles. The highest BCUT2D eigenvalue weighted by molar-refractivity contribution is 5.94. The Morgan fingerprint density at radius 2 is 2.03 bits per heavy atom. The van der Waals surface area contributed by atoms with Gasteiger partial charge < -0.3 is 15.2 Å². The first-order valence-corrected chi connectivity index (χ1v) is 8.48. The molecular formula is C18H16F3N3O5. The largest absolute Gasteiger partial charge is 0.447 e. The lowest BCUT2D eigenvalue weighted by Crippen LogP contribution is -2.25. The van der Waals surface area contributed by atoms with Gasteiger partial charge in [0.2, 0.25) is 0 Å². The van der Waals surface area contributed by atoms with Gasteiger partial charge in [-0.1, -0.05) is 12.1 Å². The van der Waals surface area contributed by atoms with Gasteiger partial charge in [0.15, 0.2) is 0 Å². The number of alkyl halides is 3. The molecule has 11 heteroatoms. The minimum atomic E-state index is -4.54. The van der Waals surface area contributed by atoms with Crippen molar-refractivity contribution in [3.05, 3.63) is 63.7 Å². The molecule has 2 N–H and O–H groups in total. The fourth-order valence-electron chi connectivity index (χ4n) is 2.87. The molecule has 0 bridgehead atoms. The van der Waals surface area contributed by atoms with Crippen LogP contribution in [0.1, 0.15) is 17.2 Å². The summed E-state index contributed by atoms with van der Waals surface area (Å²) in [7, 11) is 0. The summed E-state index contributed by atoms with van der Waals surface area (Å²) >= 11 is 0. The fourth-order valence-corrected chi connectivity index (χ4v) is 2.87. The second kappa shape index (κ2) is 7.95. The minimum Gasteiger partial charge on any atom is -0.447 e. The van der Waals surface area contributed by atoms with Crippen molar-refractivity contribution in [2.45, 2.75) is 12.3 Å². The van der Waals surface area contributed by atoms with Crippen molar-refractivity contribution in [3.8, 4) is 0 Å². The molecule has 1 fully saturated rings. The van der Waals surface area contributed by atoms with Crippen molar-refractivity contribution in [1.29, 1.82) is 0 Å². The van der Waals surface area contributed by atoms with Gasteiger partial charge >= 0.3 is 12.3 Å². The van der Waals surface area contributed by atoms with Gasteiger partial charge in [-0.05, 0) is 23.8 Å². The van der Waals surface area contributed by atoms with Crippen molar-refractivity contribution in [2.75, 3.05) is 29.9 Å². The maximum absolute atomic E-state index is 12.8. The molecule has 3 rings (SSSR count). The van der Waals surface area contributed by atoms with Crippen LogP contribution in [-0.2, 0) is 10.9 Å². The molecule has 1 atom stereocenters. The molecular weight excluding hydrogens is 395 g/mol. The van der Waals surface area contributed by atoms with E-state index in [1.165, 1.54) is 35.2 Å². The topological polar surface area (TPSA) is 105 Å². The van der Waals surface area contributed by atoms with Gasteiger partial charge in [0.1, 0.15) is 6.61 Å². The van der Waals surface area contributed by atoms with E-state index in [1.807, 2.05) is 0 Å². The number of aliphatic hydroxyl groups excluding tert-OH is 1. The van der Waals surface area contributed by atoms with Crippen LogP contribution in [-0.4, -0.2) is 35.8 Å². The predicted octanol–water partition coefficient (Wildman–Crippen LogP) is 3.72. The summed E-state index contributed by atoms with van der Waals surface area (Å²) in [6.45, 7) is 0.119. The molecule has 29 heavy (non-hydrogen) atoms. The number of carbonyl (C=O) groups is 1. The first kappa shape index (κ1) is 20.4. The number of nitrogens with zero attached hydrogens (tertiary/aromatic N) is 2. The Morgan fingerprint density at radius 3 is 2.66 bits per heavy atom. The number of nitro groups is 1. The van der Waals surface area contributed by atoms with E-state index in [4.69, 9.17) is 4.74 Å². The van der Waals surface area contributed by atoms with Crippen LogP contribution in [0, 0.1) is 10.1 Å². The molecule has 8 nitrogen and oxygen atoms in total. The quantitative estimate of drug-likeness (QED) is 0.555. The molecule has 1 unspecified atom stereocenters. The third-order valence-corrected chi connectivity index (χ3v) is 4.33. The zero-order valence-corrected chi connectivity index (χ0v) is 14.8. The molecule has 1 aliphatic rings. The second-order valence-corrected chi connectivity index (χ2v) is 6.24. The summed E-state index contributed by atoms with van der Waals surface area (Å²) in [5.41, 5.74) is -0.608. The number of halogens is 3. The lowest BCUT2D eigenvalue weighted by atomic mass is 10.1. The molecule has 1 amide bonds. The van der Waals surface area contributed by atoms with Crippen molar-refractivity contribution >= 4 is 23.2 Å². The number of amides is 1. The number of anilines is 2. The molecule has 0 radical (unpaired) electrons. The number of nitrogens with one attached hydrogen (secondary N) is 1. The molecule has 154 valence electrons. The van der Waals surface area contributed by atoms with Gasteiger partial charge in [-0.25, -0.2) is 4.79 Å². The Labute approximate surface area is 162 Å². The summed E-state index contributed by atoms with van der Waals surface area (Å²) in [4.78, 5) is 23.5. The van der Waals surface area contributed by atoms with Gasteiger partial charge in [-0.3, -0.25) is 15.0 Å². The standard InChI is InChI=1S/C18H16F3N3O5/c19-18(20,21)12-3-1-2-11(8-12)16(25)10-22-14-5-4-13(24(27)28)9-15(14)23-6-7-29-17(23)26/h1-5,8-9,16,22,25H,6-7,10H2. The van der Waals surface area contributed by atoms with Crippen LogP contribution in [0.15, 0.2) is 42.5 Å². The van der Waals surface area contributed by atoms with Gasteiger partial charge in [0, 0.05) is 18.7 Å². The van der Waals surface area contributed by atoms with Crippen LogP contribution in [0.2, 0.25) is 0 Å². The summed E-state index contributed by atoms with van der Waals surface area (Å²) in [5.74, 6) is 0. The van der Waals surface area contributed by atoms with Gasteiger partial charge in [-0.2, -0.15) is 13.2 Å². The summed E-state index contributed by atoms with van der Waals surface area (Å²) in [6, 6.07) is 8.06. The number of cyclic esters (lactones) is 1. The molecule has 0 spiro atoms. The van der Waals surface area contributed by atoms with E-state index < -0.39 is 28.9 Å². The zero-order valence-electron chi connectivity index (χ0n) is 14.8.